The first-order valence-corrected chi connectivity index (χ1v) is 12.6. The summed E-state index contributed by atoms with van der Waals surface area (Å²) in [6, 6.07) is 11.8. The molecule has 0 spiro atoms. The molecule has 1 amide bonds. The maximum atomic E-state index is 13.3. The highest BCUT2D eigenvalue weighted by molar-refractivity contribution is 7.14. The van der Waals surface area contributed by atoms with E-state index in [1.54, 1.807) is 23.7 Å². The van der Waals surface area contributed by atoms with Gasteiger partial charge in [-0.25, -0.2) is 4.98 Å². The Morgan fingerprint density at radius 3 is 2.89 bits per heavy atom. The number of thiazole rings is 1. The summed E-state index contributed by atoms with van der Waals surface area (Å²) >= 11 is 1.26. The van der Waals surface area contributed by atoms with Crippen molar-refractivity contribution in [3.8, 4) is 11.5 Å². The van der Waals surface area contributed by atoms with Crippen LogP contribution in [0.15, 0.2) is 59.6 Å². The number of hydrogen-bond acceptors (Lipinski definition) is 7. The van der Waals surface area contributed by atoms with Gasteiger partial charge in [0.2, 0.25) is 0 Å². The second-order valence-electron chi connectivity index (χ2n) is 8.71. The second-order valence-corrected chi connectivity index (χ2v) is 9.59. The van der Waals surface area contributed by atoms with E-state index in [9.17, 15) is 14.7 Å². The van der Waals surface area contributed by atoms with E-state index < -0.39 is 17.7 Å². The smallest absolute Gasteiger partial charge is 0.301 e. The van der Waals surface area contributed by atoms with Crippen LogP contribution in [-0.4, -0.2) is 34.5 Å². The Morgan fingerprint density at radius 2 is 2.11 bits per heavy atom. The Bertz CT molecular complexity index is 1300. The van der Waals surface area contributed by atoms with Crippen molar-refractivity contribution in [2.24, 2.45) is 0 Å². The molecule has 8 heteroatoms. The minimum absolute atomic E-state index is 0.0304. The lowest BCUT2D eigenvalue weighted by atomic mass is 9.94. The maximum Gasteiger partial charge on any atom is 0.301 e. The zero-order chi connectivity index (χ0) is 24.5. The van der Waals surface area contributed by atoms with Crippen LogP contribution in [0.25, 0.3) is 5.76 Å². The molecule has 3 aromatic rings. The fraction of sp³-hybridized carbons (Fsp3) is 0.296. The average molecular weight is 491 g/mol. The summed E-state index contributed by atoms with van der Waals surface area (Å²) < 4.78 is 11.6. The van der Waals surface area contributed by atoms with Crippen molar-refractivity contribution in [1.29, 1.82) is 0 Å². The number of rotatable bonds is 7. The third kappa shape index (κ3) is 4.30. The number of unbranched alkanes of at least 4 members (excludes halogenated alkanes) is 1. The lowest BCUT2D eigenvalue weighted by molar-refractivity contribution is -0.132. The first-order valence-electron chi connectivity index (χ1n) is 11.7. The molecule has 5 rings (SSSR count). The van der Waals surface area contributed by atoms with E-state index in [0.717, 1.165) is 24.2 Å². The van der Waals surface area contributed by atoms with Crippen molar-refractivity contribution in [1.82, 2.24) is 4.98 Å². The van der Waals surface area contributed by atoms with Crippen LogP contribution in [-0.2, 0) is 16.0 Å². The number of fused-ring (bicyclic) bond motifs is 1. The predicted molar refractivity (Wildman–Crippen MR) is 134 cm³/mol. The Labute approximate surface area is 207 Å². The van der Waals surface area contributed by atoms with Crippen LogP contribution in [0.1, 0.15) is 49.4 Å². The zero-order valence-electron chi connectivity index (χ0n) is 19.6. The Kier molecular flexibility index (Phi) is 6.30. The molecule has 2 aliphatic rings. The van der Waals surface area contributed by atoms with Gasteiger partial charge in [0.1, 0.15) is 23.4 Å². The summed E-state index contributed by atoms with van der Waals surface area (Å²) in [4.78, 5) is 32.2. The number of aliphatic hydroxyl groups excluding tert-OH is 1. The summed E-state index contributed by atoms with van der Waals surface area (Å²) in [5, 5.41) is 13.5. The van der Waals surface area contributed by atoms with Crippen molar-refractivity contribution < 1.29 is 24.2 Å². The van der Waals surface area contributed by atoms with Crippen LogP contribution >= 0.6 is 11.3 Å². The van der Waals surface area contributed by atoms with Crippen LogP contribution in [0.4, 0.5) is 5.13 Å². The van der Waals surface area contributed by atoms with Gasteiger partial charge in [0.05, 0.1) is 18.2 Å². The molecule has 1 saturated heterocycles. The number of Topliss-reactive ketones (excluding diaryl/α,β-unsaturated/α-hetero) is 1. The van der Waals surface area contributed by atoms with Gasteiger partial charge in [-0.15, -0.1) is 11.3 Å². The average Bonchev–Trinajstić information content (AvgIpc) is 3.57. The Morgan fingerprint density at radius 1 is 1.26 bits per heavy atom. The molecule has 1 aromatic heterocycles. The maximum absolute atomic E-state index is 13.3. The SMILES string of the molecule is CCCCOc1cccc([C@@H]2/C(=C(\O)c3ccc4c(c3)C[C@@H](C)O4)C(=O)C(=O)N2c2nccs2)c1. The van der Waals surface area contributed by atoms with E-state index in [4.69, 9.17) is 9.47 Å². The summed E-state index contributed by atoms with van der Waals surface area (Å²) in [5.41, 5.74) is 2.12. The molecule has 3 heterocycles. The number of amides is 1. The fourth-order valence-electron chi connectivity index (χ4n) is 4.51. The van der Waals surface area contributed by atoms with Crippen molar-refractivity contribution in [3.05, 3.63) is 76.3 Å². The van der Waals surface area contributed by atoms with Gasteiger partial charge in [-0.05, 0) is 54.8 Å². The second kappa shape index (κ2) is 9.54. The van der Waals surface area contributed by atoms with Crippen LogP contribution in [0.2, 0.25) is 0 Å². The number of benzene rings is 2. The lowest BCUT2D eigenvalue weighted by Gasteiger charge is -2.23. The lowest BCUT2D eigenvalue weighted by Crippen LogP contribution is -2.29. The summed E-state index contributed by atoms with van der Waals surface area (Å²) in [7, 11) is 0. The van der Waals surface area contributed by atoms with Gasteiger partial charge in [-0.1, -0.05) is 25.5 Å². The molecule has 0 bridgehead atoms. The van der Waals surface area contributed by atoms with Gasteiger partial charge in [0.15, 0.2) is 5.13 Å². The van der Waals surface area contributed by atoms with Gasteiger partial charge in [-0.3, -0.25) is 14.5 Å². The Hall–Kier alpha value is -3.65. The molecule has 2 atom stereocenters. The molecule has 0 saturated carbocycles. The highest BCUT2D eigenvalue weighted by Crippen LogP contribution is 2.44. The summed E-state index contributed by atoms with van der Waals surface area (Å²) in [5.74, 6) is -0.269. The quantitative estimate of drug-likeness (QED) is 0.210. The number of carbonyl (C=O) groups is 2. The van der Waals surface area contributed by atoms with Gasteiger partial charge >= 0.3 is 5.91 Å². The van der Waals surface area contributed by atoms with Crippen molar-refractivity contribution in [3.63, 3.8) is 0 Å². The zero-order valence-corrected chi connectivity index (χ0v) is 20.4. The van der Waals surface area contributed by atoms with Crippen molar-refractivity contribution in [2.45, 2.75) is 45.3 Å². The number of ether oxygens (including phenoxy) is 2. The number of carbonyl (C=O) groups excluding carboxylic acids is 2. The van der Waals surface area contributed by atoms with Gasteiger partial charge in [-0.2, -0.15) is 0 Å². The van der Waals surface area contributed by atoms with Crippen LogP contribution in [0.5, 0.6) is 11.5 Å². The molecule has 0 unspecified atom stereocenters. The number of ketones is 1. The molecule has 1 N–H and O–H groups in total. The number of aliphatic hydroxyl groups is 1. The molecule has 0 aliphatic carbocycles. The third-order valence-electron chi connectivity index (χ3n) is 6.18. The summed E-state index contributed by atoms with van der Waals surface area (Å²) in [6.45, 7) is 4.64. The number of aromatic nitrogens is 1. The largest absolute Gasteiger partial charge is 0.507 e. The number of nitrogens with zero attached hydrogens (tertiary/aromatic N) is 2. The topological polar surface area (TPSA) is 89.0 Å². The first kappa shape index (κ1) is 23.1. The van der Waals surface area contributed by atoms with E-state index in [1.165, 1.54) is 16.2 Å². The van der Waals surface area contributed by atoms with Gasteiger partial charge in [0, 0.05) is 23.6 Å². The molecule has 0 radical (unpaired) electrons. The number of hydrogen-bond donors (Lipinski definition) is 1. The Balaban J connectivity index is 1.62. The monoisotopic (exact) mass is 490 g/mol. The summed E-state index contributed by atoms with van der Waals surface area (Å²) in [6.07, 6.45) is 4.28. The van der Waals surface area contributed by atoms with E-state index in [1.807, 2.05) is 37.3 Å². The molecular weight excluding hydrogens is 464 g/mol. The highest BCUT2D eigenvalue weighted by Gasteiger charge is 2.48. The van der Waals surface area contributed by atoms with Crippen molar-refractivity contribution >= 4 is 33.9 Å². The molecule has 2 aromatic carbocycles. The molecule has 7 nitrogen and oxygen atoms in total. The minimum atomic E-state index is -0.834. The molecule has 2 aliphatic heterocycles. The van der Waals surface area contributed by atoms with E-state index in [2.05, 4.69) is 11.9 Å². The van der Waals surface area contributed by atoms with Gasteiger partial charge in [0.25, 0.3) is 5.78 Å². The molecule has 35 heavy (non-hydrogen) atoms. The van der Waals surface area contributed by atoms with E-state index >= 15 is 0 Å². The van der Waals surface area contributed by atoms with Crippen LogP contribution < -0.4 is 14.4 Å². The van der Waals surface area contributed by atoms with E-state index in [-0.39, 0.29) is 17.4 Å². The molecule has 1 fully saturated rings. The fourth-order valence-corrected chi connectivity index (χ4v) is 5.18. The standard InChI is InChI=1S/C27H26N2O5S/c1-3-4-11-33-20-7-5-6-17(15-20)23-22(25(31)26(32)29(23)27-28-10-12-35-27)24(30)18-8-9-21-19(14-18)13-16(2)34-21/h5-10,12,14-16,23,30H,3-4,11,13H2,1-2H3/b24-22+/t16-,23-/m1/s1. The number of anilines is 1. The van der Waals surface area contributed by atoms with Crippen LogP contribution in [0.3, 0.4) is 0 Å². The molecule has 180 valence electrons. The third-order valence-corrected chi connectivity index (χ3v) is 6.95. The van der Waals surface area contributed by atoms with Crippen LogP contribution in [0, 0.1) is 0 Å². The highest BCUT2D eigenvalue weighted by atomic mass is 32.1. The predicted octanol–water partition coefficient (Wildman–Crippen LogP) is 5.27. The molecular formula is C27H26N2O5S. The van der Waals surface area contributed by atoms with E-state index in [0.29, 0.717) is 35.0 Å². The normalized spacial score (nSPS) is 20.7. The van der Waals surface area contributed by atoms with Gasteiger partial charge < -0.3 is 14.6 Å². The van der Waals surface area contributed by atoms with Crippen molar-refractivity contribution in [2.75, 3.05) is 11.5 Å². The first-order chi connectivity index (χ1) is 17.0. The minimum Gasteiger partial charge on any atom is -0.507 e.